The summed E-state index contributed by atoms with van der Waals surface area (Å²) in [4.78, 5) is 22.9. The number of carboxylic acid groups (broad SMARTS) is 2. The lowest BCUT2D eigenvalue weighted by molar-refractivity contribution is -0.138. The molecule has 3 N–H and O–H groups in total. The molecule has 0 spiro atoms. The summed E-state index contributed by atoms with van der Waals surface area (Å²) in [6.45, 7) is 12.4. The van der Waals surface area contributed by atoms with E-state index >= 15 is 0 Å². The molecule has 0 radical (unpaired) electrons. The fraction of sp³-hybridized carbons (Fsp3) is 0.891. The van der Waals surface area contributed by atoms with Crippen LogP contribution >= 0.6 is 0 Å². The van der Waals surface area contributed by atoms with Gasteiger partial charge in [-0.25, -0.2) is 0 Å². The van der Waals surface area contributed by atoms with E-state index in [4.69, 9.17) is 10.2 Å². The number of aliphatic hydroxyl groups excluding tert-OH is 1. The van der Waals surface area contributed by atoms with Crippen molar-refractivity contribution in [3.8, 4) is 0 Å². The van der Waals surface area contributed by atoms with Gasteiger partial charge in [-0.1, -0.05) is 219 Å². The van der Waals surface area contributed by atoms with E-state index in [2.05, 4.69) is 77.9 Å². The summed E-state index contributed by atoms with van der Waals surface area (Å²) in [6.07, 6.45) is 57.3. The third-order valence-corrected chi connectivity index (χ3v) is 11.0. The molecule has 0 rings (SSSR count). The SMILES string of the molecule is CCCCCCC(O)CCCCCC.CCCCCCCC/C=C\CCCCCCCC(=O)O.CCCCCCCC/C=C\CCCCCCCC(=O)O.CCCCN(C)C. The number of unbranched alkanes of at least 4 members (excludes halogenated alkanes) is 29. The Labute approximate surface area is 383 Å². The summed E-state index contributed by atoms with van der Waals surface area (Å²) < 4.78 is 0. The van der Waals surface area contributed by atoms with Crippen LogP contribution in [0.3, 0.4) is 0 Å². The third kappa shape index (κ3) is 79.2. The summed E-state index contributed by atoms with van der Waals surface area (Å²) in [7, 11) is 4.21. The number of allylic oxidation sites excluding steroid dienone is 4. The van der Waals surface area contributed by atoms with Gasteiger partial charge in [-0.05, 0) is 104 Å². The maximum Gasteiger partial charge on any atom is 0.303 e. The van der Waals surface area contributed by atoms with Gasteiger partial charge in [-0.2, -0.15) is 0 Å². The Hall–Kier alpha value is -1.66. The van der Waals surface area contributed by atoms with E-state index in [9.17, 15) is 14.7 Å². The molecule has 0 aliphatic carbocycles. The van der Waals surface area contributed by atoms with Crippen molar-refractivity contribution in [1.29, 1.82) is 0 Å². The second kappa shape index (κ2) is 62.6. The fourth-order valence-electron chi connectivity index (χ4n) is 6.93. The third-order valence-electron chi connectivity index (χ3n) is 11.0. The number of hydrogen-bond donors (Lipinski definition) is 3. The second-order valence-corrected chi connectivity index (χ2v) is 18.0. The molecule has 0 saturated carbocycles. The highest BCUT2D eigenvalue weighted by atomic mass is 16.4. The van der Waals surface area contributed by atoms with Gasteiger partial charge in [-0.15, -0.1) is 0 Å². The zero-order chi connectivity index (χ0) is 46.1. The predicted molar refractivity (Wildman–Crippen MR) is 271 cm³/mol. The van der Waals surface area contributed by atoms with Gasteiger partial charge < -0.3 is 20.2 Å². The van der Waals surface area contributed by atoms with Crippen molar-refractivity contribution in [2.45, 2.75) is 298 Å². The first-order valence-electron chi connectivity index (χ1n) is 26.7. The van der Waals surface area contributed by atoms with E-state index in [1.165, 1.54) is 212 Å². The molecule has 0 aromatic heterocycles. The Bertz CT molecular complexity index is 795. The number of aliphatic carboxylic acids is 2. The van der Waals surface area contributed by atoms with Crippen molar-refractivity contribution >= 4 is 11.9 Å². The highest BCUT2D eigenvalue weighted by Crippen LogP contribution is 2.13. The van der Waals surface area contributed by atoms with Gasteiger partial charge in [0.25, 0.3) is 0 Å². The van der Waals surface area contributed by atoms with Crippen LogP contribution in [0.1, 0.15) is 291 Å². The zero-order valence-electron chi connectivity index (χ0n) is 42.5. The molecule has 0 amide bonds. The minimum Gasteiger partial charge on any atom is -0.481 e. The maximum atomic E-state index is 10.3. The molecule has 0 atom stereocenters. The van der Waals surface area contributed by atoms with Gasteiger partial charge in [0.05, 0.1) is 6.10 Å². The average molecular weight is 866 g/mol. The topological polar surface area (TPSA) is 98.1 Å². The number of carbonyl (C=O) groups is 2. The van der Waals surface area contributed by atoms with Gasteiger partial charge in [0, 0.05) is 12.8 Å². The molecule has 366 valence electrons. The summed E-state index contributed by atoms with van der Waals surface area (Å²) in [5.41, 5.74) is 0. The Morgan fingerprint density at radius 1 is 0.377 bits per heavy atom. The molecule has 0 bridgehead atoms. The number of rotatable bonds is 43. The van der Waals surface area contributed by atoms with Crippen LogP contribution in [-0.2, 0) is 9.59 Å². The molecule has 6 nitrogen and oxygen atoms in total. The summed E-state index contributed by atoms with van der Waals surface area (Å²) >= 11 is 0. The molecule has 0 unspecified atom stereocenters. The molecule has 6 heteroatoms. The Balaban J connectivity index is -0.000000375. The van der Waals surface area contributed by atoms with E-state index in [0.29, 0.717) is 12.8 Å². The molecule has 0 heterocycles. The second-order valence-electron chi connectivity index (χ2n) is 18.0. The predicted octanol–water partition coefficient (Wildman–Crippen LogP) is 17.9. The van der Waals surface area contributed by atoms with Crippen LogP contribution in [0, 0.1) is 0 Å². The molecule has 61 heavy (non-hydrogen) atoms. The normalized spacial score (nSPS) is 11.1. The van der Waals surface area contributed by atoms with E-state index in [1.807, 2.05) is 0 Å². The highest BCUT2D eigenvalue weighted by molar-refractivity contribution is 5.66. The smallest absolute Gasteiger partial charge is 0.303 e. The number of nitrogens with zero attached hydrogens (tertiary/aromatic N) is 1. The van der Waals surface area contributed by atoms with Crippen molar-refractivity contribution < 1.29 is 24.9 Å². The van der Waals surface area contributed by atoms with Crippen molar-refractivity contribution in [2.24, 2.45) is 0 Å². The largest absolute Gasteiger partial charge is 0.481 e. The molecule has 0 aliphatic heterocycles. The van der Waals surface area contributed by atoms with Crippen LogP contribution in [-0.4, -0.2) is 58.9 Å². The Morgan fingerprint density at radius 2 is 0.623 bits per heavy atom. The molecule has 0 saturated heterocycles. The molecular formula is C55H111NO5. The van der Waals surface area contributed by atoms with E-state index in [0.717, 1.165) is 38.5 Å². The molecular weight excluding hydrogens is 755 g/mol. The van der Waals surface area contributed by atoms with E-state index in [-0.39, 0.29) is 6.10 Å². The highest BCUT2D eigenvalue weighted by Gasteiger charge is 2.03. The summed E-state index contributed by atoms with van der Waals surface area (Å²) in [5, 5.41) is 26.7. The van der Waals surface area contributed by atoms with Crippen molar-refractivity contribution in [3.05, 3.63) is 24.3 Å². The van der Waals surface area contributed by atoms with Crippen LogP contribution < -0.4 is 0 Å². The lowest BCUT2D eigenvalue weighted by Gasteiger charge is -2.09. The quantitative estimate of drug-likeness (QED) is 0.0417. The van der Waals surface area contributed by atoms with Gasteiger partial charge in [0.1, 0.15) is 0 Å². The van der Waals surface area contributed by atoms with E-state index in [1.54, 1.807) is 0 Å². The molecule has 0 aliphatic rings. The monoisotopic (exact) mass is 866 g/mol. The Kier molecular flexibility index (Phi) is 67.7. The lowest BCUT2D eigenvalue weighted by atomic mass is 10.0. The standard InChI is InChI=1S/2C18H34O2.C13H28O.C6H15N/c2*1-2-3-4-5-6-7-8-9-10-11-12-13-14-15-16-17-18(19)20;1-3-5-7-9-11-13(14)12-10-8-6-4-2;1-4-5-6-7(2)3/h2*9-10H,2-8,11-17H2,1H3,(H,19,20);13-14H,3-12H2,1-2H3;4-6H2,1-3H3/b2*10-9-;;. The molecule has 0 aromatic rings. The first-order valence-corrected chi connectivity index (χ1v) is 26.7. The van der Waals surface area contributed by atoms with Crippen molar-refractivity contribution in [1.82, 2.24) is 4.90 Å². The van der Waals surface area contributed by atoms with Gasteiger partial charge in [-0.3, -0.25) is 9.59 Å². The van der Waals surface area contributed by atoms with Crippen LogP contribution in [0.2, 0.25) is 0 Å². The first kappa shape index (κ1) is 65.9. The van der Waals surface area contributed by atoms with E-state index < -0.39 is 11.9 Å². The fourth-order valence-corrected chi connectivity index (χ4v) is 6.93. The van der Waals surface area contributed by atoms with Crippen molar-refractivity contribution in [3.63, 3.8) is 0 Å². The number of hydrogen-bond acceptors (Lipinski definition) is 4. The first-order chi connectivity index (χ1) is 29.6. The zero-order valence-corrected chi connectivity index (χ0v) is 42.5. The number of carboxylic acids is 2. The molecule has 0 fully saturated rings. The van der Waals surface area contributed by atoms with Gasteiger partial charge in [0.2, 0.25) is 0 Å². The lowest BCUT2D eigenvalue weighted by Crippen LogP contribution is -2.12. The van der Waals surface area contributed by atoms with Crippen molar-refractivity contribution in [2.75, 3.05) is 20.6 Å². The van der Waals surface area contributed by atoms with Crippen LogP contribution in [0.15, 0.2) is 24.3 Å². The van der Waals surface area contributed by atoms with Gasteiger partial charge in [0.15, 0.2) is 0 Å². The summed E-state index contributed by atoms with van der Waals surface area (Å²) in [5.74, 6) is -1.33. The van der Waals surface area contributed by atoms with Crippen LogP contribution in [0.4, 0.5) is 0 Å². The maximum absolute atomic E-state index is 10.3. The van der Waals surface area contributed by atoms with Gasteiger partial charge >= 0.3 is 11.9 Å². The van der Waals surface area contributed by atoms with Crippen LogP contribution in [0.25, 0.3) is 0 Å². The van der Waals surface area contributed by atoms with Crippen LogP contribution in [0.5, 0.6) is 0 Å². The average Bonchev–Trinajstić information content (AvgIpc) is 3.23. The minimum atomic E-state index is -0.664. The number of aliphatic hydroxyl groups is 1. The minimum absolute atomic E-state index is 0.0243. The summed E-state index contributed by atoms with van der Waals surface area (Å²) in [6, 6.07) is 0. The Morgan fingerprint density at radius 3 is 0.869 bits per heavy atom. The molecule has 0 aromatic carbocycles.